The number of benzene rings is 1. The second-order valence-electron chi connectivity index (χ2n) is 4.25. The zero-order chi connectivity index (χ0) is 14.3. The fourth-order valence-electron chi connectivity index (χ4n) is 1.95. The summed E-state index contributed by atoms with van der Waals surface area (Å²) in [6.45, 7) is 4.23. The molecule has 4 heteroatoms. The van der Waals surface area contributed by atoms with Gasteiger partial charge in [0, 0.05) is 0 Å². The van der Waals surface area contributed by atoms with Gasteiger partial charge in [0.25, 0.3) is 0 Å². The van der Waals surface area contributed by atoms with Gasteiger partial charge in [0.2, 0.25) is 0 Å². The van der Waals surface area contributed by atoms with Gasteiger partial charge in [-0.2, -0.15) is 0 Å². The highest BCUT2D eigenvalue weighted by molar-refractivity contribution is 5.72. The normalized spacial score (nSPS) is 11.8. The average Bonchev–Trinajstić information content (AvgIpc) is 2.44. The van der Waals surface area contributed by atoms with Crippen molar-refractivity contribution in [1.29, 1.82) is 0 Å². The Bertz CT molecular complexity index is 415. The van der Waals surface area contributed by atoms with Gasteiger partial charge >= 0.3 is 5.97 Å². The van der Waals surface area contributed by atoms with Crippen LogP contribution in [0, 0.1) is 5.92 Å². The lowest BCUT2D eigenvalue weighted by Gasteiger charge is -2.15. The summed E-state index contributed by atoms with van der Waals surface area (Å²) in [7, 11) is 3.20. The highest BCUT2D eigenvalue weighted by Gasteiger charge is 2.18. The predicted molar refractivity (Wildman–Crippen MR) is 73.7 cm³/mol. The molecule has 0 aliphatic heterocycles. The third-order valence-corrected chi connectivity index (χ3v) is 3.04. The van der Waals surface area contributed by atoms with Crippen molar-refractivity contribution in [2.45, 2.75) is 26.7 Å². The first kappa shape index (κ1) is 15.3. The van der Waals surface area contributed by atoms with E-state index in [4.69, 9.17) is 14.2 Å². The number of esters is 1. The van der Waals surface area contributed by atoms with Gasteiger partial charge in [-0.3, -0.25) is 4.79 Å². The van der Waals surface area contributed by atoms with Gasteiger partial charge in [-0.15, -0.1) is 0 Å². The largest absolute Gasteiger partial charge is 0.493 e. The molecule has 0 heterocycles. The monoisotopic (exact) mass is 266 g/mol. The van der Waals surface area contributed by atoms with Crippen LogP contribution in [0.1, 0.15) is 25.8 Å². The summed E-state index contributed by atoms with van der Waals surface area (Å²) in [4.78, 5) is 11.8. The van der Waals surface area contributed by atoms with Crippen LogP contribution < -0.4 is 9.47 Å². The van der Waals surface area contributed by atoms with E-state index >= 15 is 0 Å². The van der Waals surface area contributed by atoms with Crippen molar-refractivity contribution in [2.75, 3.05) is 20.8 Å². The van der Waals surface area contributed by atoms with Crippen LogP contribution in [0.4, 0.5) is 0 Å². The number of carbonyl (C=O) groups is 1. The van der Waals surface area contributed by atoms with Gasteiger partial charge in [-0.1, -0.05) is 13.0 Å². The zero-order valence-electron chi connectivity index (χ0n) is 12.1. The Kier molecular flexibility index (Phi) is 6.19. The Labute approximate surface area is 114 Å². The first-order valence-corrected chi connectivity index (χ1v) is 6.53. The van der Waals surface area contributed by atoms with E-state index in [0.29, 0.717) is 24.5 Å². The number of ether oxygens (including phenoxy) is 3. The molecule has 0 bridgehead atoms. The molecule has 1 aromatic carbocycles. The maximum absolute atomic E-state index is 11.8. The fourth-order valence-corrected chi connectivity index (χ4v) is 1.95. The number of hydrogen-bond acceptors (Lipinski definition) is 4. The molecule has 19 heavy (non-hydrogen) atoms. The predicted octanol–water partition coefficient (Wildman–Crippen LogP) is 2.84. The molecule has 0 radical (unpaired) electrons. The number of hydrogen-bond donors (Lipinski definition) is 0. The van der Waals surface area contributed by atoms with E-state index in [1.54, 1.807) is 14.2 Å². The van der Waals surface area contributed by atoms with E-state index in [1.807, 2.05) is 32.0 Å². The van der Waals surface area contributed by atoms with Crippen molar-refractivity contribution in [2.24, 2.45) is 5.92 Å². The highest BCUT2D eigenvalue weighted by atomic mass is 16.5. The van der Waals surface area contributed by atoms with Gasteiger partial charge in [0.05, 0.1) is 26.7 Å². The van der Waals surface area contributed by atoms with Crippen LogP contribution in [0.3, 0.4) is 0 Å². The van der Waals surface area contributed by atoms with Crippen LogP contribution in [0.25, 0.3) is 0 Å². The maximum atomic E-state index is 11.8. The minimum absolute atomic E-state index is 0.113. The second-order valence-corrected chi connectivity index (χ2v) is 4.25. The lowest BCUT2D eigenvalue weighted by molar-refractivity contribution is -0.148. The third kappa shape index (κ3) is 4.16. The van der Waals surface area contributed by atoms with Gasteiger partial charge in [-0.25, -0.2) is 0 Å². The van der Waals surface area contributed by atoms with Crippen LogP contribution in [-0.4, -0.2) is 26.8 Å². The van der Waals surface area contributed by atoms with Crippen LogP contribution in [0.5, 0.6) is 11.5 Å². The van der Waals surface area contributed by atoms with Gasteiger partial charge in [0.1, 0.15) is 0 Å². The van der Waals surface area contributed by atoms with Crippen molar-refractivity contribution >= 4 is 5.97 Å². The molecular formula is C15H22O4. The molecule has 1 aromatic rings. The molecular weight excluding hydrogens is 244 g/mol. The zero-order valence-corrected chi connectivity index (χ0v) is 12.1. The van der Waals surface area contributed by atoms with E-state index in [-0.39, 0.29) is 11.9 Å². The molecule has 4 nitrogen and oxygen atoms in total. The molecule has 106 valence electrons. The fraction of sp³-hybridized carbons (Fsp3) is 0.533. The van der Waals surface area contributed by atoms with Crippen molar-refractivity contribution in [1.82, 2.24) is 0 Å². The van der Waals surface area contributed by atoms with Crippen LogP contribution in [-0.2, 0) is 16.0 Å². The van der Waals surface area contributed by atoms with E-state index < -0.39 is 0 Å². The van der Waals surface area contributed by atoms with Crippen LogP contribution in [0.15, 0.2) is 18.2 Å². The molecule has 0 fully saturated rings. The summed E-state index contributed by atoms with van der Waals surface area (Å²) in [5.41, 5.74) is 1.04. The molecule has 0 N–H and O–H groups in total. The van der Waals surface area contributed by atoms with Crippen molar-refractivity contribution in [3.8, 4) is 11.5 Å². The van der Waals surface area contributed by atoms with Gasteiger partial charge in [0.15, 0.2) is 11.5 Å². The number of rotatable bonds is 7. The Hall–Kier alpha value is -1.71. The standard InChI is InChI=1S/C15H22O4/c1-5-12(15(16)19-6-2)9-11-7-8-13(17-3)14(10-11)18-4/h7-8,10,12H,5-6,9H2,1-4H3. The summed E-state index contributed by atoms with van der Waals surface area (Å²) in [6, 6.07) is 5.70. The first-order chi connectivity index (χ1) is 9.15. The lowest BCUT2D eigenvalue weighted by Crippen LogP contribution is -2.19. The van der Waals surface area contributed by atoms with E-state index in [2.05, 4.69) is 0 Å². The van der Waals surface area contributed by atoms with E-state index in [9.17, 15) is 4.79 Å². The Balaban J connectivity index is 2.82. The third-order valence-electron chi connectivity index (χ3n) is 3.04. The molecule has 1 rings (SSSR count). The molecule has 0 aliphatic carbocycles. The summed E-state index contributed by atoms with van der Waals surface area (Å²) in [5, 5.41) is 0. The van der Waals surface area contributed by atoms with Crippen LogP contribution >= 0.6 is 0 Å². The first-order valence-electron chi connectivity index (χ1n) is 6.53. The topological polar surface area (TPSA) is 44.8 Å². The van der Waals surface area contributed by atoms with E-state index in [0.717, 1.165) is 12.0 Å². The minimum Gasteiger partial charge on any atom is -0.493 e. The Morgan fingerprint density at radius 1 is 1.16 bits per heavy atom. The SMILES string of the molecule is CCOC(=O)C(CC)Cc1ccc(OC)c(OC)c1. The van der Waals surface area contributed by atoms with Crippen molar-refractivity contribution in [3.63, 3.8) is 0 Å². The summed E-state index contributed by atoms with van der Waals surface area (Å²) >= 11 is 0. The summed E-state index contributed by atoms with van der Waals surface area (Å²) in [5.74, 6) is 1.12. The van der Waals surface area contributed by atoms with Gasteiger partial charge < -0.3 is 14.2 Å². The Morgan fingerprint density at radius 3 is 2.37 bits per heavy atom. The van der Waals surface area contributed by atoms with E-state index in [1.165, 1.54) is 0 Å². The molecule has 0 amide bonds. The molecule has 1 unspecified atom stereocenters. The molecule has 1 atom stereocenters. The lowest BCUT2D eigenvalue weighted by atomic mass is 9.97. The van der Waals surface area contributed by atoms with Gasteiger partial charge in [-0.05, 0) is 37.5 Å². The average molecular weight is 266 g/mol. The molecule has 0 aromatic heterocycles. The summed E-state index contributed by atoms with van der Waals surface area (Å²) < 4.78 is 15.5. The maximum Gasteiger partial charge on any atom is 0.309 e. The molecule has 0 saturated carbocycles. The quantitative estimate of drug-likeness (QED) is 0.712. The van der Waals surface area contributed by atoms with Crippen molar-refractivity contribution in [3.05, 3.63) is 23.8 Å². The smallest absolute Gasteiger partial charge is 0.309 e. The minimum atomic E-state index is -0.139. The van der Waals surface area contributed by atoms with Crippen LogP contribution in [0.2, 0.25) is 0 Å². The summed E-state index contributed by atoms with van der Waals surface area (Å²) in [6.07, 6.45) is 1.41. The van der Waals surface area contributed by atoms with Crippen molar-refractivity contribution < 1.29 is 19.0 Å². The molecule has 0 spiro atoms. The molecule has 0 saturated heterocycles. The molecule has 0 aliphatic rings. The Morgan fingerprint density at radius 2 is 1.84 bits per heavy atom. The number of methoxy groups -OCH3 is 2. The highest BCUT2D eigenvalue weighted by Crippen LogP contribution is 2.29. The second kappa shape index (κ2) is 7.67. The number of carbonyl (C=O) groups excluding carboxylic acids is 1.